The third-order valence-corrected chi connectivity index (χ3v) is 8.71. The van der Waals surface area contributed by atoms with Crippen LogP contribution < -0.4 is 9.47 Å². The molecule has 2 aliphatic rings. The quantitative estimate of drug-likeness (QED) is 0.194. The van der Waals surface area contributed by atoms with Crippen molar-refractivity contribution >= 4 is 23.5 Å². The van der Waals surface area contributed by atoms with Gasteiger partial charge in [-0.25, -0.2) is 0 Å². The minimum Gasteiger partial charge on any atom is -0.494 e. The average Bonchev–Trinajstić information content (AvgIpc) is 3.52. The molecule has 0 radical (unpaired) electrons. The van der Waals surface area contributed by atoms with Crippen molar-refractivity contribution in [1.29, 1.82) is 0 Å². The molecule has 0 amide bonds. The number of halogens is 6. The largest absolute Gasteiger partial charge is 0.494 e. The molecule has 3 aromatic carbocycles. The topological polar surface area (TPSA) is 18.5 Å². The van der Waals surface area contributed by atoms with Crippen molar-refractivity contribution in [2.45, 2.75) is 49.0 Å². The second-order valence-electron chi connectivity index (χ2n) is 9.47. The predicted molar refractivity (Wildman–Crippen MR) is 143 cm³/mol. The van der Waals surface area contributed by atoms with Gasteiger partial charge in [0.15, 0.2) is 0 Å². The van der Waals surface area contributed by atoms with E-state index in [0.29, 0.717) is 54.0 Å². The molecular formula is C29H26F6O2S2. The van der Waals surface area contributed by atoms with Crippen LogP contribution in [0.3, 0.4) is 0 Å². The van der Waals surface area contributed by atoms with E-state index < -0.39 is 40.9 Å². The first kappa shape index (κ1) is 28.1. The predicted octanol–water partition coefficient (Wildman–Crippen LogP) is 9.24. The second kappa shape index (κ2) is 11.2. The van der Waals surface area contributed by atoms with Crippen LogP contribution in [0.2, 0.25) is 0 Å². The number of alkyl halides is 6. The third-order valence-electron chi connectivity index (χ3n) is 6.92. The summed E-state index contributed by atoms with van der Waals surface area (Å²) >= 11 is 3.25. The number of thioether (sulfide) groups is 2. The fourth-order valence-corrected chi connectivity index (χ4v) is 6.69. The Hall–Kier alpha value is -2.46. The smallest absolute Gasteiger partial charge is 0.417 e. The number of fused-ring (bicyclic) bond motifs is 2. The minimum atomic E-state index is -5.02. The van der Waals surface area contributed by atoms with E-state index in [1.807, 2.05) is 24.5 Å². The summed E-state index contributed by atoms with van der Waals surface area (Å²) in [6.45, 7) is 0.0235. The van der Waals surface area contributed by atoms with Gasteiger partial charge in [0.25, 0.3) is 0 Å². The number of hydrogen-bond donors (Lipinski definition) is 0. The lowest BCUT2D eigenvalue weighted by atomic mass is 9.88. The van der Waals surface area contributed by atoms with Gasteiger partial charge in [0.1, 0.15) is 17.6 Å². The number of ether oxygens (including phenoxy) is 2. The maximum absolute atomic E-state index is 14.3. The zero-order valence-corrected chi connectivity index (χ0v) is 22.7. The van der Waals surface area contributed by atoms with Gasteiger partial charge in [-0.2, -0.15) is 38.1 Å². The van der Waals surface area contributed by atoms with Crippen molar-refractivity contribution in [3.8, 4) is 22.6 Å². The molecule has 3 aromatic rings. The van der Waals surface area contributed by atoms with Gasteiger partial charge in [0, 0.05) is 16.2 Å². The van der Waals surface area contributed by atoms with Crippen molar-refractivity contribution in [2.75, 3.05) is 24.4 Å². The number of hydrogen-bond acceptors (Lipinski definition) is 4. The first-order valence-electron chi connectivity index (χ1n) is 12.5. The van der Waals surface area contributed by atoms with E-state index in [9.17, 15) is 26.3 Å². The van der Waals surface area contributed by atoms with Gasteiger partial charge >= 0.3 is 12.4 Å². The number of rotatable bonds is 8. The normalized spacial score (nSPS) is 16.7. The fraction of sp³-hybridized carbons (Fsp3) is 0.379. The van der Waals surface area contributed by atoms with Gasteiger partial charge in [0.2, 0.25) is 0 Å². The minimum absolute atomic E-state index is 0.0235. The standard InChI is InChI=1S/C29H26F6O2S2/c1-38-12-3-11-36-19-14-23(28(30,31)32)27(24(15-19)29(33,34)35)22-5-2-4-21-20(22)8-9-25(21)37-18-7-6-17-10-13-39-26(17)16-18/h2,4-7,14-16,25H,3,8-13H2,1H3. The lowest BCUT2D eigenvalue weighted by molar-refractivity contribution is -0.142. The Bertz CT molecular complexity index is 1320. The summed E-state index contributed by atoms with van der Waals surface area (Å²) in [6, 6.07) is 11.8. The van der Waals surface area contributed by atoms with Crippen LogP contribution in [0, 0.1) is 0 Å². The molecule has 0 bridgehead atoms. The maximum Gasteiger partial charge on any atom is 0.417 e. The zero-order valence-electron chi connectivity index (χ0n) is 21.0. The summed E-state index contributed by atoms with van der Waals surface area (Å²) in [5.41, 5.74) is -1.34. The Morgan fingerprint density at radius 1 is 0.923 bits per heavy atom. The van der Waals surface area contributed by atoms with Gasteiger partial charge in [-0.05, 0) is 84.2 Å². The Morgan fingerprint density at radius 2 is 1.67 bits per heavy atom. The number of benzene rings is 3. The molecule has 10 heteroatoms. The molecule has 5 rings (SSSR count). The molecule has 1 unspecified atom stereocenters. The van der Waals surface area contributed by atoms with Gasteiger partial charge in [-0.1, -0.05) is 24.3 Å². The van der Waals surface area contributed by atoms with Gasteiger partial charge in [-0.15, -0.1) is 11.8 Å². The molecule has 0 aromatic heterocycles. The van der Waals surface area contributed by atoms with Crippen LogP contribution in [-0.2, 0) is 25.2 Å². The summed E-state index contributed by atoms with van der Waals surface area (Å²) in [7, 11) is 0. The SMILES string of the molecule is CSCCCOc1cc(C(F)(F)F)c(-c2cccc3c2CCC3Oc2ccc3c(c2)SCC3)c(C(F)(F)F)c1. The first-order chi connectivity index (χ1) is 18.6. The highest BCUT2D eigenvalue weighted by Crippen LogP contribution is 2.50. The average molecular weight is 585 g/mol. The van der Waals surface area contributed by atoms with Crippen LogP contribution in [0.25, 0.3) is 11.1 Å². The number of aryl methyl sites for hydroxylation is 1. The molecular weight excluding hydrogens is 558 g/mol. The van der Waals surface area contributed by atoms with Gasteiger partial charge in [-0.3, -0.25) is 0 Å². The van der Waals surface area contributed by atoms with E-state index in [1.54, 1.807) is 17.8 Å². The van der Waals surface area contributed by atoms with E-state index in [0.717, 1.165) is 17.1 Å². The molecule has 0 fully saturated rings. The fourth-order valence-electron chi connectivity index (χ4n) is 5.19. The van der Waals surface area contributed by atoms with Crippen LogP contribution >= 0.6 is 23.5 Å². The van der Waals surface area contributed by atoms with Crippen molar-refractivity contribution in [3.63, 3.8) is 0 Å². The molecule has 0 saturated heterocycles. The van der Waals surface area contributed by atoms with Crippen LogP contribution in [0.15, 0.2) is 53.4 Å². The first-order valence-corrected chi connectivity index (χ1v) is 14.9. The molecule has 0 saturated carbocycles. The highest BCUT2D eigenvalue weighted by Gasteiger charge is 2.43. The van der Waals surface area contributed by atoms with Gasteiger partial charge in [0.05, 0.1) is 17.7 Å². The van der Waals surface area contributed by atoms with Crippen LogP contribution in [0.1, 0.15) is 46.8 Å². The van der Waals surface area contributed by atoms with E-state index in [4.69, 9.17) is 9.47 Å². The van der Waals surface area contributed by atoms with Crippen molar-refractivity contribution < 1.29 is 35.8 Å². The van der Waals surface area contributed by atoms with Crippen molar-refractivity contribution in [2.24, 2.45) is 0 Å². The molecule has 1 aliphatic heterocycles. The molecule has 0 N–H and O–H groups in total. The van der Waals surface area contributed by atoms with E-state index in [1.165, 1.54) is 29.5 Å². The molecule has 2 nitrogen and oxygen atoms in total. The van der Waals surface area contributed by atoms with E-state index in [-0.39, 0.29) is 12.2 Å². The highest BCUT2D eigenvalue weighted by atomic mass is 32.2. The third kappa shape index (κ3) is 6.01. The van der Waals surface area contributed by atoms with Crippen LogP contribution in [0.4, 0.5) is 26.3 Å². The Kier molecular flexibility index (Phi) is 8.06. The van der Waals surface area contributed by atoms with E-state index in [2.05, 4.69) is 0 Å². The Morgan fingerprint density at radius 3 is 2.36 bits per heavy atom. The van der Waals surface area contributed by atoms with Gasteiger partial charge < -0.3 is 9.47 Å². The Labute approximate surface area is 231 Å². The summed E-state index contributed by atoms with van der Waals surface area (Å²) in [4.78, 5) is 1.14. The summed E-state index contributed by atoms with van der Waals surface area (Å²) in [6.07, 6.45) is -6.40. The molecule has 0 spiro atoms. The molecule has 208 valence electrons. The highest BCUT2D eigenvalue weighted by molar-refractivity contribution is 7.99. The lowest BCUT2D eigenvalue weighted by Gasteiger charge is -2.23. The molecule has 1 heterocycles. The van der Waals surface area contributed by atoms with Crippen LogP contribution in [0.5, 0.6) is 11.5 Å². The summed E-state index contributed by atoms with van der Waals surface area (Å²) < 4.78 is 97.3. The molecule has 1 aliphatic carbocycles. The summed E-state index contributed by atoms with van der Waals surface area (Å²) in [5.74, 6) is 1.88. The zero-order chi connectivity index (χ0) is 27.8. The Balaban J connectivity index is 1.55. The second-order valence-corrected chi connectivity index (χ2v) is 11.6. The van der Waals surface area contributed by atoms with E-state index >= 15 is 0 Å². The maximum atomic E-state index is 14.3. The molecule has 39 heavy (non-hydrogen) atoms. The van der Waals surface area contributed by atoms with Crippen molar-refractivity contribution in [3.05, 3.63) is 76.3 Å². The summed E-state index contributed by atoms with van der Waals surface area (Å²) in [5, 5.41) is 0. The van der Waals surface area contributed by atoms with Crippen LogP contribution in [-0.4, -0.2) is 24.4 Å². The monoisotopic (exact) mass is 584 g/mol. The lowest BCUT2D eigenvalue weighted by Crippen LogP contribution is -2.16. The van der Waals surface area contributed by atoms with Crippen molar-refractivity contribution in [1.82, 2.24) is 0 Å². The molecule has 1 atom stereocenters.